The van der Waals surface area contributed by atoms with Crippen LogP contribution in [0, 0.1) is 11.3 Å². The number of rotatable bonds is 1. The second kappa shape index (κ2) is 3.68. The standard InChI is InChI=1S/C9H5NS/c10-6-9(7-11)8-4-2-1-3-5-8/h1-5H. The fraction of sp³-hybridized carbons (Fsp3) is 0. The molecular formula is C9H5NS. The van der Waals surface area contributed by atoms with E-state index < -0.39 is 0 Å². The first-order valence-corrected chi connectivity index (χ1v) is 3.50. The van der Waals surface area contributed by atoms with E-state index >= 15 is 0 Å². The summed E-state index contributed by atoms with van der Waals surface area (Å²) in [6.07, 6.45) is 0. The Hall–Kier alpha value is -1.42. The predicted molar refractivity (Wildman–Crippen MR) is 48.1 cm³/mol. The number of hydrogen-bond donors (Lipinski definition) is 0. The molecule has 0 aliphatic carbocycles. The molecule has 0 saturated heterocycles. The van der Waals surface area contributed by atoms with E-state index in [9.17, 15) is 0 Å². The molecule has 1 aromatic rings. The normalized spacial score (nSPS) is 7.91. The van der Waals surface area contributed by atoms with Crippen molar-refractivity contribution in [2.75, 3.05) is 0 Å². The van der Waals surface area contributed by atoms with E-state index in [0.29, 0.717) is 5.57 Å². The second-order valence-corrected chi connectivity index (χ2v) is 2.16. The van der Waals surface area contributed by atoms with E-state index in [2.05, 4.69) is 17.2 Å². The van der Waals surface area contributed by atoms with Gasteiger partial charge in [0, 0.05) is 5.56 Å². The van der Waals surface area contributed by atoms with Gasteiger partial charge in [0.2, 0.25) is 0 Å². The molecule has 0 radical (unpaired) electrons. The van der Waals surface area contributed by atoms with Crippen molar-refractivity contribution < 1.29 is 0 Å². The van der Waals surface area contributed by atoms with Gasteiger partial charge >= 0.3 is 0 Å². The molecule has 2 heteroatoms. The maximum Gasteiger partial charge on any atom is 0.112 e. The summed E-state index contributed by atoms with van der Waals surface area (Å²) in [6, 6.07) is 11.2. The topological polar surface area (TPSA) is 23.8 Å². The molecule has 0 heterocycles. The highest BCUT2D eigenvalue weighted by Gasteiger charge is 1.95. The second-order valence-electron chi connectivity index (χ2n) is 1.95. The van der Waals surface area contributed by atoms with Crippen molar-refractivity contribution in [1.29, 1.82) is 5.26 Å². The highest BCUT2D eigenvalue weighted by Crippen LogP contribution is 2.08. The van der Waals surface area contributed by atoms with Gasteiger partial charge in [-0.15, -0.1) is 0 Å². The average Bonchev–Trinajstić information content (AvgIpc) is 2.09. The zero-order valence-corrected chi connectivity index (χ0v) is 6.56. The fourth-order valence-corrected chi connectivity index (χ4v) is 0.915. The van der Waals surface area contributed by atoms with Gasteiger partial charge in [-0.1, -0.05) is 30.3 Å². The van der Waals surface area contributed by atoms with Gasteiger partial charge in [0.15, 0.2) is 0 Å². The van der Waals surface area contributed by atoms with Crippen LogP contribution in [-0.4, -0.2) is 5.02 Å². The summed E-state index contributed by atoms with van der Waals surface area (Å²) >= 11 is 4.55. The highest BCUT2D eigenvalue weighted by atomic mass is 32.1. The Bertz CT molecular complexity index is 328. The SMILES string of the molecule is N#CC(=C=S)c1ccccc1. The van der Waals surface area contributed by atoms with E-state index in [0.717, 1.165) is 5.56 Å². The summed E-state index contributed by atoms with van der Waals surface area (Å²) in [5.41, 5.74) is 1.24. The quantitative estimate of drug-likeness (QED) is 0.463. The molecule has 1 nitrogen and oxygen atoms in total. The van der Waals surface area contributed by atoms with Gasteiger partial charge in [0.1, 0.15) is 11.6 Å². The van der Waals surface area contributed by atoms with Gasteiger partial charge in [-0.3, -0.25) is 0 Å². The number of allylic oxidation sites excluding steroid dienone is 1. The monoisotopic (exact) mass is 159 g/mol. The molecule has 0 unspecified atom stereocenters. The van der Waals surface area contributed by atoms with E-state index in [1.807, 2.05) is 36.4 Å². The zero-order valence-electron chi connectivity index (χ0n) is 5.74. The van der Waals surface area contributed by atoms with E-state index in [1.165, 1.54) is 0 Å². The minimum Gasteiger partial charge on any atom is -0.192 e. The van der Waals surface area contributed by atoms with Crippen LogP contribution in [0.25, 0.3) is 5.57 Å². The maximum atomic E-state index is 8.56. The fourth-order valence-electron chi connectivity index (χ4n) is 0.751. The van der Waals surface area contributed by atoms with Crippen LogP contribution in [0.5, 0.6) is 0 Å². The summed E-state index contributed by atoms with van der Waals surface area (Å²) in [6.45, 7) is 0. The van der Waals surface area contributed by atoms with Gasteiger partial charge in [0.05, 0.1) is 0 Å². The number of benzene rings is 1. The number of hydrogen-bond acceptors (Lipinski definition) is 2. The van der Waals surface area contributed by atoms with Crippen LogP contribution in [0.4, 0.5) is 0 Å². The van der Waals surface area contributed by atoms with Crippen molar-refractivity contribution in [1.82, 2.24) is 0 Å². The molecule has 1 rings (SSSR count). The summed E-state index contributed by atoms with van der Waals surface area (Å²) in [4.78, 5) is 0. The molecule has 1 aromatic carbocycles. The van der Waals surface area contributed by atoms with E-state index in [-0.39, 0.29) is 0 Å². The molecule has 52 valence electrons. The Morgan fingerprint density at radius 3 is 2.36 bits per heavy atom. The predicted octanol–water partition coefficient (Wildman–Crippen LogP) is 2.19. The molecular weight excluding hydrogens is 154 g/mol. The lowest BCUT2D eigenvalue weighted by Crippen LogP contribution is -1.78. The van der Waals surface area contributed by atoms with Crippen molar-refractivity contribution in [3.63, 3.8) is 0 Å². The Morgan fingerprint density at radius 1 is 1.27 bits per heavy atom. The molecule has 0 fully saturated rings. The third-order valence-corrected chi connectivity index (χ3v) is 1.48. The lowest BCUT2D eigenvalue weighted by Gasteiger charge is -1.91. The smallest absolute Gasteiger partial charge is 0.112 e. The number of nitriles is 1. The van der Waals surface area contributed by atoms with Gasteiger partial charge in [-0.05, 0) is 17.2 Å². The van der Waals surface area contributed by atoms with Crippen LogP contribution in [0.2, 0.25) is 0 Å². The van der Waals surface area contributed by atoms with Crippen LogP contribution < -0.4 is 0 Å². The third-order valence-electron chi connectivity index (χ3n) is 1.28. The molecule has 0 spiro atoms. The van der Waals surface area contributed by atoms with Gasteiger partial charge in [-0.2, -0.15) is 5.26 Å². The molecule has 0 N–H and O–H groups in total. The molecule has 0 aromatic heterocycles. The minimum atomic E-state index is 0.417. The first-order chi connectivity index (χ1) is 5.38. The summed E-state index contributed by atoms with van der Waals surface area (Å²) in [7, 11) is 0. The van der Waals surface area contributed by atoms with Crippen LogP contribution in [-0.2, 0) is 0 Å². The lowest BCUT2D eigenvalue weighted by atomic mass is 10.1. The van der Waals surface area contributed by atoms with Gasteiger partial charge in [0.25, 0.3) is 0 Å². The molecule has 11 heavy (non-hydrogen) atoms. The largest absolute Gasteiger partial charge is 0.192 e. The van der Waals surface area contributed by atoms with Crippen LogP contribution >= 0.6 is 12.2 Å². The summed E-state index contributed by atoms with van der Waals surface area (Å²) < 4.78 is 0. The van der Waals surface area contributed by atoms with Crippen molar-refractivity contribution in [2.24, 2.45) is 0 Å². The van der Waals surface area contributed by atoms with Crippen molar-refractivity contribution in [3.05, 3.63) is 35.9 Å². The number of thiocarbonyl (C=S) groups is 1. The van der Waals surface area contributed by atoms with Crippen LogP contribution in [0.1, 0.15) is 5.56 Å². The maximum absolute atomic E-state index is 8.56. The molecule has 0 saturated carbocycles. The number of nitrogens with zero attached hydrogens (tertiary/aromatic N) is 1. The first-order valence-electron chi connectivity index (χ1n) is 3.09. The Morgan fingerprint density at radius 2 is 1.91 bits per heavy atom. The Balaban J connectivity index is 3.15. The van der Waals surface area contributed by atoms with Gasteiger partial charge in [-0.25, -0.2) is 0 Å². The van der Waals surface area contributed by atoms with Crippen LogP contribution in [0.15, 0.2) is 30.3 Å². The first kappa shape index (κ1) is 7.68. The van der Waals surface area contributed by atoms with E-state index in [4.69, 9.17) is 5.26 Å². The minimum absolute atomic E-state index is 0.417. The molecule has 0 amide bonds. The zero-order chi connectivity index (χ0) is 8.10. The average molecular weight is 159 g/mol. The Labute approximate surface area is 70.6 Å². The highest BCUT2D eigenvalue weighted by molar-refractivity contribution is 7.78. The van der Waals surface area contributed by atoms with Crippen LogP contribution in [0.3, 0.4) is 0 Å². The summed E-state index contributed by atoms with van der Waals surface area (Å²) in [5, 5.41) is 11.0. The third kappa shape index (κ3) is 1.75. The van der Waals surface area contributed by atoms with Crippen molar-refractivity contribution in [3.8, 4) is 6.07 Å². The molecule has 0 bridgehead atoms. The van der Waals surface area contributed by atoms with Crippen molar-refractivity contribution >= 4 is 22.8 Å². The van der Waals surface area contributed by atoms with Crippen molar-refractivity contribution in [2.45, 2.75) is 0 Å². The van der Waals surface area contributed by atoms with Gasteiger partial charge < -0.3 is 0 Å². The molecule has 0 aliphatic rings. The molecule has 0 aliphatic heterocycles. The Kier molecular flexibility index (Phi) is 2.57. The molecule has 0 atom stereocenters. The summed E-state index contributed by atoms with van der Waals surface area (Å²) in [5.74, 6) is 0. The lowest BCUT2D eigenvalue weighted by molar-refractivity contribution is 1.53. The van der Waals surface area contributed by atoms with E-state index in [1.54, 1.807) is 0 Å².